The van der Waals surface area contributed by atoms with Crippen LogP contribution in [-0.4, -0.2) is 29.8 Å². The molecule has 7 nitrogen and oxygen atoms in total. The lowest BCUT2D eigenvalue weighted by Crippen LogP contribution is -2.15. The van der Waals surface area contributed by atoms with Crippen LogP contribution in [-0.2, 0) is 6.42 Å². The van der Waals surface area contributed by atoms with Gasteiger partial charge in [-0.05, 0) is 30.5 Å². The Bertz CT molecular complexity index is 563. The minimum absolute atomic E-state index is 0.193. The second-order valence-corrected chi connectivity index (χ2v) is 4.13. The summed E-state index contributed by atoms with van der Waals surface area (Å²) in [6, 6.07) is 14.1. The SMILES string of the molecule is N#CCNCCCO.N#CCc1cc2ccccc2[nH]1.NN. The van der Waals surface area contributed by atoms with Gasteiger partial charge in [0.25, 0.3) is 0 Å². The molecular weight excluding hydrogens is 280 g/mol. The second kappa shape index (κ2) is 13.6. The molecule has 0 aliphatic carbocycles. The maximum atomic E-state index is 8.47. The van der Waals surface area contributed by atoms with Gasteiger partial charge in [-0.1, -0.05) is 18.2 Å². The number of nitrogens with one attached hydrogen (secondary N) is 2. The Morgan fingerprint density at radius 1 is 1.18 bits per heavy atom. The summed E-state index contributed by atoms with van der Waals surface area (Å²) in [5, 5.41) is 28.7. The molecule has 0 bridgehead atoms. The number of nitrogens with zero attached hydrogens (tertiary/aromatic N) is 2. The van der Waals surface area contributed by atoms with E-state index in [1.807, 2.05) is 36.4 Å². The van der Waals surface area contributed by atoms with Crippen molar-refractivity contribution in [2.75, 3.05) is 19.7 Å². The highest BCUT2D eigenvalue weighted by atomic mass is 16.3. The van der Waals surface area contributed by atoms with E-state index in [-0.39, 0.29) is 6.61 Å². The van der Waals surface area contributed by atoms with Crippen molar-refractivity contribution in [1.29, 1.82) is 10.5 Å². The fourth-order valence-electron chi connectivity index (χ4n) is 1.66. The summed E-state index contributed by atoms with van der Waals surface area (Å²) in [7, 11) is 0. The number of rotatable bonds is 5. The van der Waals surface area contributed by atoms with E-state index >= 15 is 0 Å². The van der Waals surface area contributed by atoms with Crippen LogP contribution in [0.3, 0.4) is 0 Å². The first-order chi connectivity index (χ1) is 10.8. The van der Waals surface area contributed by atoms with Gasteiger partial charge in [-0.3, -0.25) is 11.7 Å². The molecule has 0 saturated heterocycles. The highest BCUT2D eigenvalue weighted by Crippen LogP contribution is 2.14. The highest BCUT2D eigenvalue weighted by Gasteiger charge is 1.97. The van der Waals surface area contributed by atoms with Gasteiger partial charge >= 0.3 is 0 Å². The van der Waals surface area contributed by atoms with Gasteiger partial charge in [0.1, 0.15) is 0 Å². The third-order valence-corrected chi connectivity index (χ3v) is 2.57. The Kier molecular flexibility index (Phi) is 12.1. The van der Waals surface area contributed by atoms with E-state index in [1.54, 1.807) is 0 Å². The topological polar surface area (TPSA) is 148 Å². The van der Waals surface area contributed by atoms with E-state index in [1.165, 1.54) is 5.39 Å². The van der Waals surface area contributed by atoms with Gasteiger partial charge in [0, 0.05) is 17.8 Å². The third-order valence-electron chi connectivity index (χ3n) is 2.57. The quantitative estimate of drug-likeness (QED) is 0.235. The molecule has 7 heteroatoms. The largest absolute Gasteiger partial charge is 0.396 e. The number of H-pyrrole nitrogens is 1. The van der Waals surface area contributed by atoms with Crippen LogP contribution >= 0.6 is 0 Å². The molecule has 0 spiro atoms. The van der Waals surface area contributed by atoms with E-state index in [0.29, 0.717) is 13.0 Å². The van der Waals surface area contributed by atoms with Gasteiger partial charge in [0.05, 0.1) is 25.1 Å². The fraction of sp³-hybridized carbons (Fsp3) is 0.333. The van der Waals surface area contributed by atoms with E-state index in [0.717, 1.165) is 24.2 Å². The molecule has 7 N–H and O–H groups in total. The minimum atomic E-state index is 0.193. The number of aromatic nitrogens is 1. The highest BCUT2D eigenvalue weighted by molar-refractivity contribution is 5.80. The van der Waals surface area contributed by atoms with Crippen molar-refractivity contribution >= 4 is 10.9 Å². The number of aromatic amines is 1. The van der Waals surface area contributed by atoms with Crippen molar-refractivity contribution in [1.82, 2.24) is 10.3 Å². The number of hydrogen-bond acceptors (Lipinski definition) is 6. The van der Waals surface area contributed by atoms with Crippen LogP contribution in [0.2, 0.25) is 0 Å². The minimum Gasteiger partial charge on any atom is -0.396 e. The Morgan fingerprint density at radius 2 is 1.91 bits per heavy atom. The number of aliphatic hydroxyl groups is 1. The molecule has 0 radical (unpaired) electrons. The van der Waals surface area contributed by atoms with Crippen molar-refractivity contribution in [2.24, 2.45) is 11.7 Å². The maximum absolute atomic E-state index is 8.47. The molecule has 2 rings (SSSR count). The smallest absolute Gasteiger partial charge is 0.0840 e. The molecule has 1 aromatic carbocycles. The molecule has 0 amide bonds. The Balaban J connectivity index is 0.000000388. The van der Waals surface area contributed by atoms with Crippen LogP contribution in [0, 0.1) is 22.7 Å². The molecule has 1 aromatic heterocycles. The van der Waals surface area contributed by atoms with E-state index in [9.17, 15) is 0 Å². The van der Waals surface area contributed by atoms with E-state index in [4.69, 9.17) is 15.6 Å². The van der Waals surface area contributed by atoms with Gasteiger partial charge in [-0.2, -0.15) is 10.5 Å². The maximum Gasteiger partial charge on any atom is 0.0840 e. The molecule has 0 unspecified atom stereocenters. The summed E-state index contributed by atoms with van der Waals surface area (Å²) in [5.74, 6) is 8.00. The van der Waals surface area contributed by atoms with Gasteiger partial charge < -0.3 is 15.4 Å². The van der Waals surface area contributed by atoms with Crippen LogP contribution in [0.4, 0.5) is 0 Å². The standard InChI is InChI=1S/C10H8N2.C5H10N2O.H4N2/c11-6-5-9-7-8-3-1-2-4-10(8)12-9;6-2-4-7-3-1-5-8;1-2/h1-4,7,12H,5H2;7-8H,1,3-5H2;1-2H2. The molecular formula is C15H22N6O. The number of hydrogen-bond donors (Lipinski definition) is 5. The molecule has 0 saturated carbocycles. The van der Waals surface area contributed by atoms with Crippen molar-refractivity contribution in [3.05, 3.63) is 36.0 Å². The average Bonchev–Trinajstić information content (AvgIpc) is 2.97. The molecule has 0 aliphatic rings. The Hall–Kier alpha value is -2.42. The zero-order valence-corrected chi connectivity index (χ0v) is 12.4. The van der Waals surface area contributed by atoms with E-state index in [2.05, 4.69) is 28.1 Å². The lowest BCUT2D eigenvalue weighted by Gasteiger charge is -1.93. The summed E-state index contributed by atoms with van der Waals surface area (Å²) in [6.07, 6.45) is 1.18. The van der Waals surface area contributed by atoms with Gasteiger partial charge in [-0.15, -0.1) is 0 Å². The van der Waals surface area contributed by atoms with Crippen LogP contribution < -0.4 is 17.0 Å². The average molecular weight is 302 g/mol. The predicted octanol–water partition coefficient (Wildman–Crippen LogP) is 0.535. The summed E-state index contributed by atoms with van der Waals surface area (Å²) in [4.78, 5) is 3.17. The zero-order valence-electron chi connectivity index (χ0n) is 12.4. The molecule has 0 fully saturated rings. The number of aliphatic hydroxyl groups excluding tert-OH is 1. The first-order valence-corrected chi connectivity index (χ1v) is 6.77. The number of nitrogens with two attached hydrogens (primary N) is 2. The molecule has 2 aromatic rings. The van der Waals surface area contributed by atoms with Crippen LogP contribution in [0.15, 0.2) is 30.3 Å². The first kappa shape index (κ1) is 19.6. The van der Waals surface area contributed by atoms with Crippen molar-refractivity contribution in [3.8, 4) is 12.1 Å². The summed E-state index contributed by atoms with van der Waals surface area (Å²) in [5.41, 5.74) is 2.08. The number of hydrazine groups is 1. The second-order valence-electron chi connectivity index (χ2n) is 4.13. The third kappa shape index (κ3) is 8.00. The van der Waals surface area contributed by atoms with Crippen LogP contribution in [0.25, 0.3) is 10.9 Å². The molecule has 0 atom stereocenters. The number of fused-ring (bicyclic) bond motifs is 1. The summed E-state index contributed by atoms with van der Waals surface area (Å²) >= 11 is 0. The normalized spacial score (nSPS) is 8.77. The van der Waals surface area contributed by atoms with Gasteiger partial charge in [0.15, 0.2) is 0 Å². The number of para-hydroxylation sites is 1. The van der Waals surface area contributed by atoms with Gasteiger partial charge in [-0.25, -0.2) is 0 Å². The van der Waals surface area contributed by atoms with Crippen molar-refractivity contribution in [3.63, 3.8) is 0 Å². The molecule has 118 valence electrons. The predicted molar refractivity (Wildman–Crippen MR) is 86.2 cm³/mol. The van der Waals surface area contributed by atoms with Crippen LogP contribution in [0.5, 0.6) is 0 Å². The van der Waals surface area contributed by atoms with E-state index < -0.39 is 0 Å². The van der Waals surface area contributed by atoms with Gasteiger partial charge in [0.2, 0.25) is 0 Å². The summed E-state index contributed by atoms with van der Waals surface area (Å²) < 4.78 is 0. The number of benzene rings is 1. The lowest BCUT2D eigenvalue weighted by atomic mass is 10.2. The zero-order chi connectivity index (χ0) is 16.6. The lowest BCUT2D eigenvalue weighted by molar-refractivity contribution is 0.287. The Labute approximate surface area is 130 Å². The molecule has 0 aliphatic heterocycles. The number of nitriles is 2. The monoisotopic (exact) mass is 302 g/mol. The first-order valence-electron chi connectivity index (χ1n) is 6.77. The van der Waals surface area contributed by atoms with Crippen LogP contribution in [0.1, 0.15) is 12.1 Å². The van der Waals surface area contributed by atoms with Crippen molar-refractivity contribution < 1.29 is 5.11 Å². The molecule has 1 heterocycles. The molecule has 22 heavy (non-hydrogen) atoms. The Morgan fingerprint density at radius 3 is 2.50 bits per heavy atom. The summed E-state index contributed by atoms with van der Waals surface area (Å²) in [6.45, 7) is 1.29. The van der Waals surface area contributed by atoms with Crippen molar-refractivity contribution in [2.45, 2.75) is 12.8 Å². The fourth-order valence-corrected chi connectivity index (χ4v) is 1.66.